The molecule has 0 saturated carbocycles. The lowest BCUT2D eigenvalue weighted by Crippen LogP contribution is -2.44. The average Bonchev–Trinajstić information content (AvgIpc) is 3.42. The fraction of sp³-hybridized carbons (Fsp3) is 0.192. The van der Waals surface area contributed by atoms with Gasteiger partial charge in [-0.3, -0.25) is 14.5 Å². The molecule has 0 aromatic heterocycles. The molecule has 2 heterocycles. The fourth-order valence-electron chi connectivity index (χ4n) is 4.25. The molecule has 1 fully saturated rings. The van der Waals surface area contributed by atoms with Crippen LogP contribution in [0.4, 0.5) is 4.79 Å². The second kappa shape index (κ2) is 8.96. The molecule has 5 rings (SSSR count). The molecule has 2 atom stereocenters. The van der Waals surface area contributed by atoms with E-state index in [2.05, 4.69) is 10.6 Å². The van der Waals surface area contributed by atoms with Crippen LogP contribution < -0.4 is 20.1 Å². The van der Waals surface area contributed by atoms with Gasteiger partial charge < -0.3 is 20.1 Å². The molecule has 0 unspecified atom stereocenters. The van der Waals surface area contributed by atoms with E-state index in [0.29, 0.717) is 22.1 Å². The predicted molar refractivity (Wildman–Crippen MR) is 128 cm³/mol. The first kappa shape index (κ1) is 22.7. The molecule has 9 heteroatoms. The first-order valence-corrected chi connectivity index (χ1v) is 11.4. The minimum absolute atomic E-state index is 0.0955. The van der Waals surface area contributed by atoms with E-state index in [-0.39, 0.29) is 6.79 Å². The van der Waals surface area contributed by atoms with Gasteiger partial charge >= 0.3 is 6.03 Å². The summed E-state index contributed by atoms with van der Waals surface area (Å²) in [5, 5.41) is 6.24. The van der Waals surface area contributed by atoms with Crippen molar-refractivity contribution in [1.29, 1.82) is 0 Å². The summed E-state index contributed by atoms with van der Waals surface area (Å²) in [4.78, 5) is 40.1. The summed E-state index contributed by atoms with van der Waals surface area (Å²) >= 11 is 6.03. The molecule has 2 N–H and O–H groups in total. The van der Waals surface area contributed by atoms with Gasteiger partial charge in [-0.05, 0) is 47.9 Å². The minimum atomic E-state index is -1.34. The lowest BCUT2D eigenvalue weighted by Gasteiger charge is -2.23. The smallest absolute Gasteiger partial charge is 0.325 e. The van der Waals surface area contributed by atoms with Crippen molar-refractivity contribution in [2.75, 3.05) is 13.3 Å². The molecule has 3 aromatic carbocycles. The number of nitrogens with one attached hydrogen (secondary N) is 2. The normalized spacial score (nSPS) is 19.4. The van der Waals surface area contributed by atoms with Crippen molar-refractivity contribution in [2.24, 2.45) is 0 Å². The number of fused-ring (bicyclic) bond motifs is 1. The van der Waals surface area contributed by atoms with Crippen molar-refractivity contribution >= 4 is 29.4 Å². The predicted octanol–water partition coefficient (Wildman–Crippen LogP) is 3.74. The summed E-state index contributed by atoms with van der Waals surface area (Å²) in [7, 11) is 0. The molecule has 0 radical (unpaired) electrons. The molecule has 4 amide bonds. The number of halogens is 1. The monoisotopic (exact) mass is 491 g/mol. The van der Waals surface area contributed by atoms with Gasteiger partial charge in [0, 0.05) is 5.02 Å². The summed E-state index contributed by atoms with van der Waals surface area (Å²) in [6.07, 6.45) is 0. The number of urea groups is 1. The summed E-state index contributed by atoms with van der Waals surface area (Å²) in [6.45, 7) is 1.27. The van der Waals surface area contributed by atoms with E-state index in [1.165, 1.54) is 0 Å². The Bertz CT molecular complexity index is 1300. The number of nitrogens with zero attached hydrogens (tertiary/aromatic N) is 1. The van der Waals surface area contributed by atoms with E-state index in [9.17, 15) is 14.4 Å². The number of hydrogen-bond donors (Lipinski definition) is 2. The highest BCUT2D eigenvalue weighted by molar-refractivity contribution is 6.30. The van der Waals surface area contributed by atoms with Crippen LogP contribution in [0.25, 0.3) is 0 Å². The maximum Gasteiger partial charge on any atom is 0.325 e. The minimum Gasteiger partial charge on any atom is -0.454 e. The average molecular weight is 492 g/mol. The molecule has 0 spiro atoms. The molecule has 2 aliphatic heterocycles. The second-order valence-electron chi connectivity index (χ2n) is 8.48. The van der Waals surface area contributed by atoms with Crippen molar-refractivity contribution in [3.63, 3.8) is 0 Å². The maximum atomic E-state index is 13.3. The molecule has 0 bridgehead atoms. The zero-order valence-corrected chi connectivity index (χ0v) is 19.5. The largest absolute Gasteiger partial charge is 0.454 e. The van der Waals surface area contributed by atoms with Gasteiger partial charge in [-0.2, -0.15) is 0 Å². The van der Waals surface area contributed by atoms with E-state index in [1.807, 2.05) is 42.5 Å². The fourth-order valence-corrected chi connectivity index (χ4v) is 4.38. The molecular weight excluding hydrogens is 470 g/mol. The molecule has 0 aliphatic carbocycles. The van der Waals surface area contributed by atoms with Crippen molar-refractivity contribution in [2.45, 2.75) is 18.5 Å². The van der Waals surface area contributed by atoms with Crippen molar-refractivity contribution in [3.8, 4) is 11.5 Å². The Labute approximate surface area is 206 Å². The highest BCUT2D eigenvalue weighted by Crippen LogP contribution is 2.37. The lowest BCUT2D eigenvalue weighted by atomic mass is 9.91. The first-order valence-electron chi connectivity index (χ1n) is 11.0. The Hall–Kier alpha value is -4.04. The van der Waals surface area contributed by atoms with Crippen LogP contribution in [0, 0.1) is 0 Å². The number of carbonyl (C=O) groups excluding carboxylic acids is 3. The Morgan fingerprint density at radius 3 is 2.46 bits per heavy atom. The highest BCUT2D eigenvalue weighted by atomic mass is 35.5. The van der Waals surface area contributed by atoms with Crippen LogP contribution in [0.1, 0.15) is 29.7 Å². The summed E-state index contributed by atoms with van der Waals surface area (Å²) < 4.78 is 10.7. The third kappa shape index (κ3) is 4.28. The molecule has 178 valence electrons. The van der Waals surface area contributed by atoms with Crippen LogP contribution in [-0.4, -0.2) is 36.1 Å². The number of carbonyl (C=O) groups is 3. The molecule has 2 aliphatic rings. The van der Waals surface area contributed by atoms with Crippen molar-refractivity contribution < 1.29 is 23.9 Å². The molecular formula is C26H22ClN3O5. The zero-order valence-electron chi connectivity index (χ0n) is 18.8. The van der Waals surface area contributed by atoms with Gasteiger partial charge in [0.15, 0.2) is 11.5 Å². The van der Waals surface area contributed by atoms with Crippen LogP contribution >= 0.6 is 11.6 Å². The quantitative estimate of drug-likeness (QED) is 0.512. The van der Waals surface area contributed by atoms with Gasteiger partial charge in [0.2, 0.25) is 12.7 Å². The number of imide groups is 1. The third-order valence-corrected chi connectivity index (χ3v) is 6.42. The Morgan fingerprint density at radius 2 is 1.71 bits per heavy atom. The van der Waals surface area contributed by atoms with Gasteiger partial charge in [0.25, 0.3) is 5.91 Å². The van der Waals surface area contributed by atoms with Gasteiger partial charge in [0.1, 0.15) is 12.1 Å². The number of benzene rings is 3. The molecule has 3 aromatic rings. The van der Waals surface area contributed by atoms with Gasteiger partial charge in [-0.15, -0.1) is 0 Å². The van der Waals surface area contributed by atoms with Gasteiger partial charge in [-0.1, -0.05) is 60.1 Å². The van der Waals surface area contributed by atoms with Crippen LogP contribution in [-0.2, 0) is 15.1 Å². The Balaban J connectivity index is 1.35. The van der Waals surface area contributed by atoms with Crippen LogP contribution in [0.3, 0.4) is 0 Å². The Kier molecular flexibility index (Phi) is 5.82. The van der Waals surface area contributed by atoms with Crippen molar-refractivity contribution in [3.05, 3.63) is 94.5 Å². The number of ether oxygens (including phenoxy) is 2. The Morgan fingerprint density at radius 1 is 1.03 bits per heavy atom. The second-order valence-corrected chi connectivity index (χ2v) is 8.91. The van der Waals surface area contributed by atoms with Gasteiger partial charge in [-0.25, -0.2) is 4.79 Å². The topological polar surface area (TPSA) is 97.0 Å². The molecule has 8 nitrogen and oxygen atoms in total. The number of amides is 4. The lowest BCUT2D eigenvalue weighted by molar-refractivity contribution is -0.135. The first-order chi connectivity index (χ1) is 16.8. The van der Waals surface area contributed by atoms with Crippen LogP contribution in [0.5, 0.6) is 11.5 Å². The number of rotatable bonds is 6. The van der Waals surface area contributed by atoms with E-state index in [1.54, 1.807) is 37.3 Å². The SMILES string of the molecule is C[C@]1(c2ccc3c(c2)OCO3)NC(=O)N(CC(=O)N[C@@H](c2ccccc2)c2ccc(Cl)cc2)C1=O. The summed E-state index contributed by atoms with van der Waals surface area (Å²) in [5.41, 5.74) is 0.862. The molecule has 35 heavy (non-hydrogen) atoms. The van der Waals surface area contributed by atoms with Crippen LogP contribution in [0.2, 0.25) is 5.02 Å². The zero-order chi connectivity index (χ0) is 24.6. The third-order valence-electron chi connectivity index (χ3n) is 6.17. The molecule has 1 saturated heterocycles. The maximum absolute atomic E-state index is 13.3. The van der Waals surface area contributed by atoms with Crippen LogP contribution in [0.15, 0.2) is 72.8 Å². The van der Waals surface area contributed by atoms with E-state index < -0.39 is 36.0 Å². The van der Waals surface area contributed by atoms with E-state index >= 15 is 0 Å². The summed E-state index contributed by atoms with van der Waals surface area (Å²) in [5.74, 6) is 0.0571. The standard InChI is InChI=1S/C26H22ClN3O5/c1-26(18-9-12-20-21(13-18)35-15-34-20)24(32)30(25(33)29-26)14-22(31)28-23(16-5-3-2-4-6-16)17-7-10-19(27)11-8-17/h2-13,23H,14-15H2,1H3,(H,28,31)(H,29,33)/t23-,26+/m0/s1. The van der Waals surface area contributed by atoms with E-state index in [4.69, 9.17) is 21.1 Å². The van der Waals surface area contributed by atoms with E-state index in [0.717, 1.165) is 16.0 Å². The highest BCUT2D eigenvalue weighted by Gasteiger charge is 2.50. The van der Waals surface area contributed by atoms with Crippen molar-refractivity contribution in [1.82, 2.24) is 15.5 Å². The number of hydrogen-bond acceptors (Lipinski definition) is 5. The summed E-state index contributed by atoms with van der Waals surface area (Å²) in [6, 6.07) is 20.5. The van der Waals surface area contributed by atoms with Gasteiger partial charge in [0.05, 0.1) is 6.04 Å².